The van der Waals surface area contributed by atoms with E-state index in [0.29, 0.717) is 0 Å². The zero-order chi connectivity index (χ0) is 14.5. The average Bonchev–Trinajstić information content (AvgIpc) is 2.39. The van der Waals surface area contributed by atoms with Crippen LogP contribution in [-0.4, -0.2) is 10.5 Å². The Bertz CT molecular complexity index is 180. The predicted octanol–water partition coefficient (Wildman–Crippen LogP) is 7.33. The van der Waals surface area contributed by atoms with E-state index in [9.17, 15) is 0 Å². The summed E-state index contributed by atoms with van der Waals surface area (Å²) in [5, 5.41) is 1.58. The van der Waals surface area contributed by atoms with Gasteiger partial charge in [0.05, 0.1) is 0 Å². The average molecular weight is 305 g/mol. The third-order valence-electron chi connectivity index (χ3n) is 3.67. The largest absolute Gasteiger partial charge is 0.0910 e. The summed E-state index contributed by atoms with van der Waals surface area (Å²) in [5.41, 5.74) is 0. The zero-order valence-corrected chi connectivity index (χ0v) is 15.5. The lowest BCUT2D eigenvalue weighted by Gasteiger charge is -2.24. The Hall–Kier alpha value is 0.700. The van der Waals surface area contributed by atoms with E-state index in [1.54, 1.807) is 0 Å². The summed E-state index contributed by atoms with van der Waals surface area (Å²) in [6.07, 6.45) is 12.8. The van der Waals surface area contributed by atoms with Gasteiger partial charge in [0.15, 0.2) is 0 Å². The fourth-order valence-electron chi connectivity index (χ4n) is 2.38. The molecule has 0 heterocycles. The maximum absolute atomic E-state index is 2.45. The molecule has 0 N–H and O–H groups in total. The summed E-state index contributed by atoms with van der Waals surface area (Å²) < 4.78 is 0. The van der Waals surface area contributed by atoms with Crippen molar-refractivity contribution < 1.29 is 0 Å². The zero-order valence-electron chi connectivity index (χ0n) is 13.9. The standard InChI is InChI=1S/C17H36S2/c1-6-8-10-12-14-17(13-11-9-7-2)16(5)19-18-15(3)4/h15-17H,6-14H2,1-5H3/t16-,17?/m0/s1. The maximum Gasteiger partial charge on any atom is 0.0151 e. The molecule has 0 aliphatic rings. The first kappa shape index (κ1) is 19.7. The van der Waals surface area contributed by atoms with Crippen molar-refractivity contribution in [2.24, 2.45) is 5.92 Å². The lowest BCUT2D eigenvalue weighted by molar-refractivity contribution is 0.407. The Kier molecular flexibility index (Phi) is 14.2. The van der Waals surface area contributed by atoms with E-state index in [1.807, 2.05) is 0 Å². The molecule has 0 amide bonds. The molecule has 0 radical (unpaired) electrons. The SMILES string of the molecule is CCCCCCC(CCCCC)[C@H](C)SSC(C)C. The summed E-state index contributed by atoms with van der Waals surface area (Å²) in [6, 6.07) is 0. The third kappa shape index (κ3) is 12.2. The predicted molar refractivity (Wildman–Crippen MR) is 96.2 cm³/mol. The van der Waals surface area contributed by atoms with E-state index in [2.05, 4.69) is 56.2 Å². The van der Waals surface area contributed by atoms with Gasteiger partial charge < -0.3 is 0 Å². The summed E-state index contributed by atoms with van der Waals surface area (Å²) in [7, 11) is 4.20. The smallest absolute Gasteiger partial charge is 0.0151 e. The molecule has 0 aromatic rings. The summed E-state index contributed by atoms with van der Waals surface area (Å²) in [6.45, 7) is 11.7. The molecule has 1 unspecified atom stereocenters. The Morgan fingerprint density at radius 2 is 1.21 bits per heavy atom. The molecule has 0 rings (SSSR count). The normalized spacial score (nSPS) is 14.8. The van der Waals surface area contributed by atoms with Crippen LogP contribution < -0.4 is 0 Å². The lowest BCUT2D eigenvalue weighted by Crippen LogP contribution is -2.14. The quantitative estimate of drug-likeness (QED) is 0.258. The van der Waals surface area contributed by atoms with Crippen LogP contribution >= 0.6 is 21.6 Å². The van der Waals surface area contributed by atoms with Gasteiger partial charge in [-0.05, 0) is 18.8 Å². The molecule has 2 atom stereocenters. The highest BCUT2D eigenvalue weighted by Gasteiger charge is 2.18. The molecule has 0 aliphatic heterocycles. The van der Waals surface area contributed by atoms with Crippen molar-refractivity contribution in [1.82, 2.24) is 0 Å². The van der Waals surface area contributed by atoms with Gasteiger partial charge in [-0.15, -0.1) is 0 Å². The number of hydrogen-bond acceptors (Lipinski definition) is 2. The lowest BCUT2D eigenvalue weighted by atomic mass is 9.92. The van der Waals surface area contributed by atoms with Crippen molar-refractivity contribution >= 4 is 21.6 Å². The van der Waals surface area contributed by atoms with Gasteiger partial charge in [0, 0.05) is 10.5 Å². The Balaban J connectivity index is 3.99. The Morgan fingerprint density at radius 1 is 0.684 bits per heavy atom. The van der Waals surface area contributed by atoms with E-state index < -0.39 is 0 Å². The molecule has 2 heteroatoms. The molecular weight excluding hydrogens is 268 g/mol. The molecule has 0 fully saturated rings. The van der Waals surface area contributed by atoms with Crippen LogP contribution in [0.1, 0.15) is 92.4 Å². The molecule has 0 aromatic carbocycles. The second-order valence-corrected chi connectivity index (χ2v) is 9.28. The third-order valence-corrected chi connectivity index (χ3v) is 7.25. The number of unbranched alkanes of at least 4 members (excludes halogenated alkanes) is 5. The van der Waals surface area contributed by atoms with Gasteiger partial charge in [-0.3, -0.25) is 0 Å². The highest BCUT2D eigenvalue weighted by Crippen LogP contribution is 2.37. The number of hydrogen-bond donors (Lipinski definition) is 0. The molecule has 0 spiro atoms. The monoisotopic (exact) mass is 304 g/mol. The van der Waals surface area contributed by atoms with Gasteiger partial charge in [0.1, 0.15) is 0 Å². The molecule has 116 valence electrons. The fourth-order valence-corrected chi connectivity index (χ4v) is 4.87. The summed E-state index contributed by atoms with van der Waals surface area (Å²) >= 11 is 0. The molecule has 0 saturated carbocycles. The van der Waals surface area contributed by atoms with E-state index in [1.165, 1.54) is 57.8 Å². The first-order chi connectivity index (χ1) is 9.11. The number of rotatable bonds is 13. The van der Waals surface area contributed by atoms with Gasteiger partial charge >= 0.3 is 0 Å². The Labute approximate surface area is 130 Å². The van der Waals surface area contributed by atoms with Crippen molar-refractivity contribution in [2.75, 3.05) is 0 Å². The molecule has 0 saturated heterocycles. The van der Waals surface area contributed by atoms with Gasteiger partial charge in [-0.25, -0.2) is 0 Å². The minimum absolute atomic E-state index is 0.754. The van der Waals surface area contributed by atoms with Crippen LogP contribution in [0.25, 0.3) is 0 Å². The van der Waals surface area contributed by atoms with E-state index >= 15 is 0 Å². The summed E-state index contributed by atoms with van der Waals surface area (Å²) in [4.78, 5) is 0. The van der Waals surface area contributed by atoms with Crippen LogP contribution in [0, 0.1) is 5.92 Å². The maximum atomic E-state index is 2.45. The van der Waals surface area contributed by atoms with Crippen LogP contribution in [0.4, 0.5) is 0 Å². The van der Waals surface area contributed by atoms with Crippen LogP contribution in [0.15, 0.2) is 0 Å². The van der Waals surface area contributed by atoms with Crippen molar-refractivity contribution in [3.05, 3.63) is 0 Å². The van der Waals surface area contributed by atoms with Crippen molar-refractivity contribution in [3.8, 4) is 0 Å². The summed E-state index contributed by atoms with van der Waals surface area (Å²) in [5.74, 6) is 0.944. The topological polar surface area (TPSA) is 0 Å². The van der Waals surface area contributed by atoms with Crippen molar-refractivity contribution in [3.63, 3.8) is 0 Å². The molecule has 19 heavy (non-hydrogen) atoms. The fraction of sp³-hybridized carbons (Fsp3) is 1.00. The first-order valence-corrected chi connectivity index (χ1v) is 10.7. The Morgan fingerprint density at radius 3 is 1.74 bits per heavy atom. The van der Waals surface area contributed by atoms with Crippen molar-refractivity contribution in [2.45, 2.75) is 103 Å². The second-order valence-electron chi connectivity index (χ2n) is 6.05. The molecule has 0 nitrogen and oxygen atoms in total. The molecule has 0 aromatic heterocycles. The van der Waals surface area contributed by atoms with Crippen LogP contribution in [0.5, 0.6) is 0 Å². The van der Waals surface area contributed by atoms with Crippen molar-refractivity contribution in [1.29, 1.82) is 0 Å². The van der Waals surface area contributed by atoms with E-state index in [4.69, 9.17) is 0 Å². The first-order valence-electron chi connectivity index (χ1n) is 8.43. The van der Waals surface area contributed by atoms with Gasteiger partial charge in [0.2, 0.25) is 0 Å². The van der Waals surface area contributed by atoms with E-state index in [-0.39, 0.29) is 0 Å². The highest BCUT2D eigenvalue weighted by molar-refractivity contribution is 8.77. The minimum Gasteiger partial charge on any atom is -0.0910 e. The molecular formula is C17H36S2. The highest BCUT2D eigenvalue weighted by atomic mass is 33.1. The van der Waals surface area contributed by atoms with Crippen LogP contribution in [0.2, 0.25) is 0 Å². The molecule has 0 bridgehead atoms. The second kappa shape index (κ2) is 13.7. The van der Waals surface area contributed by atoms with Gasteiger partial charge in [0.25, 0.3) is 0 Å². The molecule has 0 aliphatic carbocycles. The van der Waals surface area contributed by atoms with Crippen LogP contribution in [0.3, 0.4) is 0 Å². The van der Waals surface area contributed by atoms with Gasteiger partial charge in [-0.2, -0.15) is 0 Å². The van der Waals surface area contributed by atoms with E-state index in [0.717, 1.165) is 16.4 Å². The minimum atomic E-state index is 0.754. The van der Waals surface area contributed by atoms with Gasteiger partial charge in [-0.1, -0.05) is 101 Å². The van der Waals surface area contributed by atoms with Crippen LogP contribution in [-0.2, 0) is 0 Å².